The van der Waals surface area contributed by atoms with Crippen LogP contribution in [0.4, 0.5) is 28.9 Å². The van der Waals surface area contributed by atoms with Crippen molar-refractivity contribution in [1.82, 2.24) is 14.0 Å². The number of anilines is 1. The Balaban J connectivity index is 1.53. The van der Waals surface area contributed by atoms with Gasteiger partial charge in [0.2, 0.25) is 0 Å². The molecule has 0 radical (unpaired) electrons. The van der Waals surface area contributed by atoms with Crippen molar-refractivity contribution in [3.05, 3.63) is 131 Å². The number of non-ortho nitro benzene ring substituents is 1. The standard InChI is InChI=1S/C32H32F4N6O5/c1-20-29(39-14-12-38(13-15-39)17-21-6-4-7-22(16-21)42(46)47)30(44)41(19-27(37)23-8-2-3-11-28(23)43)31(45)40(20)18-24-25(32(34,35)36)9-5-10-26(24)33/h2-11,16,27,43H,12-15,17-19,37H2,1H3/t27-/m0/s1. The molecule has 1 aliphatic heterocycles. The largest absolute Gasteiger partial charge is 0.508 e. The van der Waals surface area contributed by atoms with E-state index in [9.17, 15) is 42.4 Å². The van der Waals surface area contributed by atoms with E-state index >= 15 is 0 Å². The molecule has 15 heteroatoms. The van der Waals surface area contributed by atoms with E-state index in [0.717, 1.165) is 32.9 Å². The van der Waals surface area contributed by atoms with Crippen molar-refractivity contribution >= 4 is 11.4 Å². The maximum Gasteiger partial charge on any atom is 0.416 e. The molecule has 5 rings (SSSR count). The second kappa shape index (κ2) is 13.4. The van der Waals surface area contributed by atoms with Gasteiger partial charge in [-0.2, -0.15) is 13.2 Å². The Hall–Kier alpha value is -5.02. The highest BCUT2D eigenvalue weighted by molar-refractivity contribution is 5.50. The van der Waals surface area contributed by atoms with Gasteiger partial charge in [-0.05, 0) is 30.7 Å². The van der Waals surface area contributed by atoms with Gasteiger partial charge < -0.3 is 15.7 Å². The van der Waals surface area contributed by atoms with E-state index in [4.69, 9.17) is 5.73 Å². The lowest BCUT2D eigenvalue weighted by Gasteiger charge is -2.37. The summed E-state index contributed by atoms with van der Waals surface area (Å²) < 4.78 is 58.4. The first-order valence-corrected chi connectivity index (χ1v) is 14.7. The molecule has 1 saturated heterocycles. The van der Waals surface area contributed by atoms with E-state index in [-0.39, 0.29) is 41.5 Å². The Morgan fingerprint density at radius 2 is 1.64 bits per heavy atom. The van der Waals surface area contributed by atoms with Crippen LogP contribution in [0.25, 0.3) is 0 Å². The molecule has 3 N–H and O–H groups in total. The van der Waals surface area contributed by atoms with Crippen molar-refractivity contribution in [3.63, 3.8) is 0 Å². The van der Waals surface area contributed by atoms with Crippen molar-refractivity contribution in [2.45, 2.75) is 38.8 Å². The molecule has 47 heavy (non-hydrogen) atoms. The molecule has 1 atom stereocenters. The van der Waals surface area contributed by atoms with Crippen LogP contribution in [0.15, 0.2) is 76.3 Å². The van der Waals surface area contributed by atoms with E-state index in [2.05, 4.69) is 0 Å². The second-order valence-corrected chi connectivity index (χ2v) is 11.3. The summed E-state index contributed by atoms with van der Waals surface area (Å²) in [6, 6.07) is 13.8. The molecule has 4 aromatic rings. The minimum Gasteiger partial charge on any atom is -0.508 e. The van der Waals surface area contributed by atoms with E-state index in [1.54, 1.807) is 29.2 Å². The summed E-state index contributed by atoms with van der Waals surface area (Å²) in [6.45, 7) is 2.00. The van der Waals surface area contributed by atoms with Crippen LogP contribution in [-0.2, 0) is 25.8 Å². The summed E-state index contributed by atoms with van der Waals surface area (Å²) in [4.78, 5) is 42.3. The van der Waals surface area contributed by atoms with Gasteiger partial charge in [-0.3, -0.25) is 28.9 Å². The van der Waals surface area contributed by atoms with Crippen LogP contribution in [0.1, 0.15) is 34.0 Å². The molecule has 0 aliphatic carbocycles. The van der Waals surface area contributed by atoms with Crippen LogP contribution < -0.4 is 21.9 Å². The highest BCUT2D eigenvalue weighted by Gasteiger charge is 2.35. The highest BCUT2D eigenvalue weighted by atomic mass is 19.4. The van der Waals surface area contributed by atoms with Gasteiger partial charge in [-0.25, -0.2) is 9.18 Å². The summed E-state index contributed by atoms with van der Waals surface area (Å²) >= 11 is 0. The number of phenolic OH excluding ortho intramolecular Hbond substituents is 1. The van der Waals surface area contributed by atoms with E-state index in [1.807, 2.05) is 4.90 Å². The van der Waals surface area contributed by atoms with Gasteiger partial charge in [-0.1, -0.05) is 36.4 Å². The van der Waals surface area contributed by atoms with Crippen LogP contribution in [-0.4, -0.2) is 50.2 Å². The number of piperazine rings is 1. The number of para-hydroxylation sites is 1. The summed E-state index contributed by atoms with van der Waals surface area (Å²) in [5.41, 5.74) is 3.64. The molecule has 0 amide bonds. The SMILES string of the molecule is Cc1c(N2CCN(Cc3cccc([N+](=O)[O-])c3)CC2)c(=O)n(C[C@H](N)c2ccccc2O)c(=O)n1Cc1c(F)cccc1C(F)(F)F. The molecule has 0 unspecified atom stereocenters. The zero-order valence-corrected chi connectivity index (χ0v) is 25.3. The Kier molecular flexibility index (Phi) is 9.49. The Labute approximate surface area is 265 Å². The average Bonchev–Trinajstić information content (AvgIpc) is 3.02. The molecule has 3 aromatic carbocycles. The molecule has 0 saturated carbocycles. The van der Waals surface area contributed by atoms with E-state index in [1.165, 1.54) is 31.2 Å². The first kappa shape index (κ1) is 33.3. The topological polar surface area (TPSA) is 140 Å². The first-order valence-electron chi connectivity index (χ1n) is 14.7. The van der Waals surface area contributed by atoms with Crippen molar-refractivity contribution < 1.29 is 27.6 Å². The molecular weight excluding hydrogens is 624 g/mol. The number of nitro groups is 1. The smallest absolute Gasteiger partial charge is 0.416 e. The number of aromatic hydroxyl groups is 1. The number of hydrogen-bond donors (Lipinski definition) is 2. The maximum atomic E-state index is 14.9. The zero-order valence-electron chi connectivity index (χ0n) is 25.3. The van der Waals surface area contributed by atoms with Crippen molar-refractivity contribution in [2.24, 2.45) is 5.73 Å². The maximum absolute atomic E-state index is 14.9. The second-order valence-electron chi connectivity index (χ2n) is 11.3. The number of phenols is 1. The molecule has 2 heterocycles. The van der Waals surface area contributed by atoms with Gasteiger partial charge in [0.1, 0.15) is 17.3 Å². The predicted molar refractivity (Wildman–Crippen MR) is 166 cm³/mol. The van der Waals surface area contributed by atoms with E-state index in [0.29, 0.717) is 19.6 Å². The number of rotatable bonds is 9. The number of aromatic nitrogens is 2. The van der Waals surface area contributed by atoms with Crippen molar-refractivity contribution in [3.8, 4) is 5.75 Å². The first-order chi connectivity index (χ1) is 22.3. The summed E-state index contributed by atoms with van der Waals surface area (Å²) in [7, 11) is 0. The fraction of sp³-hybridized carbons (Fsp3) is 0.312. The molecule has 11 nitrogen and oxygen atoms in total. The fourth-order valence-electron chi connectivity index (χ4n) is 5.89. The summed E-state index contributed by atoms with van der Waals surface area (Å²) in [6.07, 6.45) is -4.91. The molecular formula is C32H32F4N6O5. The number of hydrogen-bond acceptors (Lipinski definition) is 8. The van der Waals surface area contributed by atoms with Crippen molar-refractivity contribution in [2.75, 3.05) is 31.1 Å². The number of nitrogens with two attached hydrogens (primary N) is 1. The molecule has 1 aliphatic rings. The third-order valence-electron chi connectivity index (χ3n) is 8.33. The van der Waals surface area contributed by atoms with Gasteiger partial charge in [0.25, 0.3) is 11.2 Å². The normalized spacial score (nSPS) is 14.7. The predicted octanol–water partition coefficient (Wildman–Crippen LogP) is 4.16. The number of benzene rings is 3. The third-order valence-corrected chi connectivity index (χ3v) is 8.33. The van der Waals surface area contributed by atoms with Gasteiger partial charge >= 0.3 is 11.9 Å². The van der Waals surface area contributed by atoms with Crippen LogP contribution in [0.3, 0.4) is 0 Å². The Morgan fingerprint density at radius 1 is 0.957 bits per heavy atom. The fourth-order valence-corrected chi connectivity index (χ4v) is 5.89. The monoisotopic (exact) mass is 656 g/mol. The molecule has 1 aromatic heterocycles. The van der Waals surface area contributed by atoms with Gasteiger partial charge in [0.15, 0.2) is 0 Å². The van der Waals surface area contributed by atoms with Gasteiger partial charge in [0.05, 0.1) is 29.6 Å². The summed E-state index contributed by atoms with van der Waals surface area (Å²) in [5.74, 6) is -1.33. The van der Waals surface area contributed by atoms with Crippen molar-refractivity contribution in [1.29, 1.82) is 0 Å². The third kappa shape index (κ3) is 7.05. The molecule has 1 fully saturated rings. The van der Waals surface area contributed by atoms with E-state index < -0.39 is 58.4 Å². The van der Waals surface area contributed by atoms with Crippen LogP contribution >= 0.6 is 0 Å². The lowest BCUT2D eigenvalue weighted by atomic mass is 10.1. The quantitative estimate of drug-likeness (QED) is 0.156. The van der Waals surface area contributed by atoms with Gasteiger partial charge in [-0.15, -0.1) is 0 Å². The van der Waals surface area contributed by atoms with Crippen LogP contribution in [0.5, 0.6) is 5.75 Å². The lowest BCUT2D eigenvalue weighted by molar-refractivity contribution is -0.384. The molecule has 248 valence electrons. The Bertz CT molecular complexity index is 1920. The molecule has 0 bridgehead atoms. The minimum atomic E-state index is -4.91. The highest BCUT2D eigenvalue weighted by Crippen LogP contribution is 2.34. The number of alkyl halides is 3. The number of nitrogens with zero attached hydrogens (tertiary/aromatic N) is 5. The summed E-state index contributed by atoms with van der Waals surface area (Å²) in [5, 5.41) is 21.5. The minimum absolute atomic E-state index is 0.0369. The number of halogens is 4. The van der Waals surface area contributed by atoms with Gasteiger partial charge in [0, 0.05) is 61.7 Å². The number of nitro benzene ring substituents is 1. The molecule has 0 spiro atoms. The van der Waals surface area contributed by atoms with Crippen LogP contribution in [0, 0.1) is 22.9 Å². The Morgan fingerprint density at radius 3 is 2.30 bits per heavy atom. The zero-order chi connectivity index (χ0) is 34.0. The average molecular weight is 657 g/mol. The van der Waals surface area contributed by atoms with Crippen LogP contribution in [0.2, 0.25) is 0 Å². The lowest BCUT2D eigenvalue weighted by Crippen LogP contribution is -2.51.